The van der Waals surface area contributed by atoms with Crippen molar-refractivity contribution in [1.82, 2.24) is 9.55 Å². The van der Waals surface area contributed by atoms with Crippen LogP contribution in [0.1, 0.15) is 30.7 Å². The molecule has 3 rings (SSSR count). The van der Waals surface area contributed by atoms with Crippen molar-refractivity contribution >= 4 is 22.6 Å². The van der Waals surface area contributed by atoms with Gasteiger partial charge in [0.15, 0.2) is 0 Å². The molecule has 21 heavy (non-hydrogen) atoms. The van der Waals surface area contributed by atoms with Gasteiger partial charge < -0.3 is 9.30 Å². The number of hydrogen-bond acceptors (Lipinski definition) is 2. The standard InChI is InChI=1S/C17H23ClN2O/c1-13-3-4-15-14(11-13)19-16(5-9-18)20(15)12-17(6-7-17)8-10-21-2/h3-4,11H,5-10,12H2,1-2H3. The molecule has 1 heterocycles. The molecule has 1 aliphatic carbocycles. The number of hydrogen-bond donors (Lipinski definition) is 0. The van der Waals surface area contributed by atoms with Crippen LogP contribution in [0, 0.1) is 12.3 Å². The van der Waals surface area contributed by atoms with Gasteiger partial charge in [0.2, 0.25) is 0 Å². The fourth-order valence-electron chi connectivity index (χ4n) is 3.06. The minimum absolute atomic E-state index is 0.412. The maximum absolute atomic E-state index is 5.96. The molecule has 0 saturated heterocycles. The van der Waals surface area contributed by atoms with Gasteiger partial charge in [-0.05, 0) is 49.3 Å². The number of nitrogens with zero attached hydrogens (tertiary/aromatic N) is 2. The number of aryl methyl sites for hydroxylation is 2. The molecule has 0 bridgehead atoms. The van der Waals surface area contributed by atoms with Crippen LogP contribution in [0.15, 0.2) is 18.2 Å². The zero-order valence-electron chi connectivity index (χ0n) is 12.9. The number of imidazole rings is 1. The number of aromatic nitrogens is 2. The van der Waals surface area contributed by atoms with Gasteiger partial charge in [-0.25, -0.2) is 4.98 Å². The first-order valence-electron chi connectivity index (χ1n) is 7.68. The van der Waals surface area contributed by atoms with E-state index in [2.05, 4.69) is 29.7 Å². The second-order valence-electron chi connectivity index (χ2n) is 6.29. The lowest BCUT2D eigenvalue weighted by Gasteiger charge is -2.18. The van der Waals surface area contributed by atoms with Crippen LogP contribution in [0.2, 0.25) is 0 Å². The molecule has 0 radical (unpaired) electrons. The lowest BCUT2D eigenvalue weighted by Crippen LogP contribution is -2.16. The first-order valence-corrected chi connectivity index (χ1v) is 8.22. The molecule has 4 heteroatoms. The third-order valence-corrected chi connectivity index (χ3v) is 4.78. The van der Waals surface area contributed by atoms with E-state index >= 15 is 0 Å². The predicted octanol–water partition coefficient (Wildman–Crippen LogP) is 3.94. The number of fused-ring (bicyclic) bond motifs is 1. The Morgan fingerprint density at radius 3 is 2.86 bits per heavy atom. The SMILES string of the molecule is COCCC1(Cn2c(CCCl)nc3cc(C)ccc32)CC1. The van der Waals surface area contributed by atoms with E-state index in [-0.39, 0.29) is 0 Å². The van der Waals surface area contributed by atoms with Crippen molar-refractivity contribution in [1.29, 1.82) is 0 Å². The normalized spacial score (nSPS) is 16.5. The van der Waals surface area contributed by atoms with Crippen molar-refractivity contribution in [2.24, 2.45) is 5.41 Å². The van der Waals surface area contributed by atoms with Gasteiger partial charge in [0.05, 0.1) is 11.0 Å². The molecule has 1 saturated carbocycles. The van der Waals surface area contributed by atoms with Gasteiger partial charge in [-0.3, -0.25) is 0 Å². The van der Waals surface area contributed by atoms with Crippen LogP contribution in [-0.4, -0.2) is 29.1 Å². The molecule has 0 aliphatic heterocycles. The smallest absolute Gasteiger partial charge is 0.111 e. The number of rotatable bonds is 7. The molecule has 0 unspecified atom stereocenters. The van der Waals surface area contributed by atoms with E-state index in [1.807, 2.05) is 0 Å². The number of benzene rings is 1. The van der Waals surface area contributed by atoms with Gasteiger partial charge in [0.25, 0.3) is 0 Å². The highest BCUT2D eigenvalue weighted by atomic mass is 35.5. The first kappa shape index (κ1) is 14.9. The van der Waals surface area contributed by atoms with Crippen LogP contribution in [0.3, 0.4) is 0 Å². The van der Waals surface area contributed by atoms with Crippen molar-refractivity contribution in [2.45, 2.75) is 39.2 Å². The summed E-state index contributed by atoms with van der Waals surface area (Å²) in [5.74, 6) is 1.74. The molecule has 1 aliphatic rings. The molecule has 0 amide bonds. The maximum atomic E-state index is 5.96. The summed E-state index contributed by atoms with van der Waals surface area (Å²) in [5, 5.41) is 0. The average molecular weight is 307 g/mol. The summed E-state index contributed by atoms with van der Waals surface area (Å²) in [5.41, 5.74) is 4.00. The average Bonchev–Trinajstić information content (AvgIpc) is 3.16. The van der Waals surface area contributed by atoms with Crippen LogP contribution >= 0.6 is 11.6 Å². The van der Waals surface area contributed by atoms with Crippen LogP contribution in [-0.2, 0) is 17.7 Å². The Morgan fingerprint density at radius 2 is 2.19 bits per heavy atom. The largest absolute Gasteiger partial charge is 0.385 e. The number of alkyl halides is 1. The van der Waals surface area contributed by atoms with Gasteiger partial charge >= 0.3 is 0 Å². The molecular formula is C17H23ClN2O. The van der Waals surface area contributed by atoms with E-state index < -0.39 is 0 Å². The molecule has 0 N–H and O–H groups in total. The molecule has 0 atom stereocenters. The second kappa shape index (κ2) is 5.98. The highest BCUT2D eigenvalue weighted by molar-refractivity contribution is 6.17. The monoisotopic (exact) mass is 306 g/mol. The van der Waals surface area contributed by atoms with Crippen LogP contribution in [0.5, 0.6) is 0 Å². The predicted molar refractivity (Wildman–Crippen MR) is 87.1 cm³/mol. The fourth-order valence-corrected chi connectivity index (χ4v) is 3.23. The van der Waals surface area contributed by atoms with E-state index in [4.69, 9.17) is 21.3 Å². The van der Waals surface area contributed by atoms with E-state index in [1.165, 1.54) is 23.9 Å². The van der Waals surface area contributed by atoms with E-state index in [0.717, 1.165) is 37.3 Å². The molecule has 3 nitrogen and oxygen atoms in total. The van der Waals surface area contributed by atoms with Crippen LogP contribution in [0.4, 0.5) is 0 Å². The van der Waals surface area contributed by atoms with E-state index in [9.17, 15) is 0 Å². The molecule has 0 spiro atoms. The Labute approximate surface area is 131 Å². The molecule has 1 aromatic heterocycles. The van der Waals surface area contributed by atoms with Gasteiger partial charge in [-0.2, -0.15) is 0 Å². The van der Waals surface area contributed by atoms with Crippen molar-refractivity contribution < 1.29 is 4.74 Å². The van der Waals surface area contributed by atoms with Gasteiger partial charge in [0, 0.05) is 32.6 Å². The summed E-state index contributed by atoms with van der Waals surface area (Å²) in [6.45, 7) is 4.00. The first-order chi connectivity index (χ1) is 10.2. The summed E-state index contributed by atoms with van der Waals surface area (Å²) < 4.78 is 7.66. The lowest BCUT2D eigenvalue weighted by molar-refractivity contribution is 0.167. The van der Waals surface area contributed by atoms with Crippen molar-refractivity contribution in [2.75, 3.05) is 19.6 Å². The Hall–Kier alpha value is -1.06. The van der Waals surface area contributed by atoms with Crippen LogP contribution < -0.4 is 0 Å². The summed E-state index contributed by atoms with van der Waals surface area (Å²) >= 11 is 5.96. The third-order valence-electron chi connectivity index (χ3n) is 4.59. The summed E-state index contributed by atoms with van der Waals surface area (Å²) in [6, 6.07) is 6.53. The molecule has 2 aromatic rings. The van der Waals surface area contributed by atoms with Crippen LogP contribution in [0.25, 0.3) is 11.0 Å². The summed E-state index contributed by atoms with van der Waals surface area (Å²) in [4.78, 5) is 4.80. The number of halogens is 1. The maximum Gasteiger partial charge on any atom is 0.111 e. The third kappa shape index (κ3) is 3.09. The molecular weight excluding hydrogens is 284 g/mol. The number of ether oxygens (including phenoxy) is 1. The van der Waals surface area contributed by atoms with Crippen molar-refractivity contribution in [3.8, 4) is 0 Å². The lowest BCUT2D eigenvalue weighted by atomic mass is 10.0. The quantitative estimate of drug-likeness (QED) is 0.724. The molecule has 1 aromatic carbocycles. The Bertz CT molecular complexity index is 631. The highest BCUT2D eigenvalue weighted by Crippen LogP contribution is 2.50. The van der Waals surface area contributed by atoms with Gasteiger partial charge in [-0.1, -0.05) is 6.07 Å². The fraction of sp³-hybridized carbons (Fsp3) is 0.588. The number of methoxy groups -OCH3 is 1. The molecule has 114 valence electrons. The van der Waals surface area contributed by atoms with E-state index in [1.54, 1.807) is 7.11 Å². The summed E-state index contributed by atoms with van der Waals surface area (Å²) in [7, 11) is 1.78. The summed E-state index contributed by atoms with van der Waals surface area (Å²) in [6.07, 6.45) is 4.55. The zero-order valence-corrected chi connectivity index (χ0v) is 13.6. The minimum Gasteiger partial charge on any atom is -0.385 e. The van der Waals surface area contributed by atoms with Crippen molar-refractivity contribution in [3.05, 3.63) is 29.6 Å². The topological polar surface area (TPSA) is 27.1 Å². The van der Waals surface area contributed by atoms with Gasteiger partial charge in [0.1, 0.15) is 5.82 Å². The minimum atomic E-state index is 0.412. The van der Waals surface area contributed by atoms with Crippen molar-refractivity contribution in [3.63, 3.8) is 0 Å². The Morgan fingerprint density at radius 1 is 1.38 bits per heavy atom. The Kier molecular flexibility index (Phi) is 4.23. The van der Waals surface area contributed by atoms with E-state index in [0.29, 0.717) is 11.3 Å². The highest BCUT2D eigenvalue weighted by Gasteiger charge is 2.42. The second-order valence-corrected chi connectivity index (χ2v) is 6.67. The zero-order chi connectivity index (χ0) is 14.9. The van der Waals surface area contributed by atoms with Gasteiger partial charge in [-0.15, -0.1) is 11.6 Å². The Balaban J connectivity index is 1.94. The molecule has 1 fully saturated rings.